The molecule has 1 aliphatic rings. The smallest absolute Gasteiger partial charge is 0.253 e. The van der Waals surface area contributed by atoms with Crippen molar-refractivity contribution in [2.45, 2.75) is 19.8 Å². The number of carbonyl (C=O) groups excluding carboxylic acids is 1. The van der Waals surface area contributed by atoms with Gasteiger partial charge >= 0.3 is 0 Å². The van der Waals surface area contributed by atoms with Gasteiger partial charge in [0.05, 0.1) is 5.69 Å². The molecule has 0 aromatic heterocycles. The summed E-state index contributed by atoms with van der Waals surface area (Å²) in [6.07, 6.45) is 2.06. The Bertz CT molecular complexity index is 439. The number of hydrogen-bond donors (Lipinski definition) is 1. The molecular weight excluding hydrogens is 231 g/mol. The van der Waals surface area contributed by atoms with Gasteiger partial charge in [-0.1, -0.05) is 6.92 Å². The van der Waals surface area contributed by atoms with E-state index in [1.165, 1.54) is 6.07 Å². The quantitative estimate of drug-likeness (QED) is 0.875. The van der Waals surface area contributed by atoms with E-state index < -0.39 is 0 Å². The predicted octanol–water partition coefficient (Wildman–Crippen LogP) is 2.74. The lowest BCUT2D eigenvalue weighted by atomic mass is 9.98. The molecule has 1 amide bonds. The molecule has 98 valence electrons. The number of halogens is 1. The molecule has 1 aliphatic heterocycles. The van der Waals surface area contributed by atoms with Gasteiger partial charge in [0.2, 0.25) is 0 Å². The van der Waals surface area contributed by atoms with Crippen LogP contribution in [0.15, 0.2) is 18.2 Å². The van der Waals surface area contributed by atoms with Crippen molar-refractivity contribution in [2.75, 3.05) is 25.5 Å². The maximum atomic E-state index is 13.6. The Labute approximate surface area is 107 Å². The number of amides is 1. The van der Waals surface area contributed by atoms with Crippen molar-refractivity contribution >= 4 is 11.6 Å². The van der Waals surface area contributed by atoms with Gasteiger partial charge in [-0.05, 0) is 37.0 Å². The normalized spacial score (nSPS) is 16.7. The fourth-order valence-electron chi connectivity index (χ4n) is 2.25. The van der Waals surface area contributed by atoms with E-state index in [0.29, 0.717) is 17.2 Å². The van der Waals surface area contributed by atoms with Gasteiger partial charge in [0.25, 0.3) is 5.91 Å². The molecule has 1 aromatic rings. The molecule has 1 N–H and O–H groups in total. The van der Waals surface area contributed by atoms with Crippen LogP contribution in [-0.2, 0) is 0 Å². The maximum Gasteiger partial charge on any atom is 0.253 e. The molecule has 0 aliphatic carbocycles. The highest BCUT2D eigenvalue weighted by Crippen LogP contribution is 2.20. The number of carbonyl (C=O) groups is 1. The second-order valence-electron chi connectivity index (χ2n) is 4.92. The molecule has 18 heavy (non-hydrogen) atoms. The zero-order valence-electron chi connectivity index (χ0n) is 10.9. The van der Waals surface area contributed by atoms with Crippen LogP contribution in [0.4, 0.5) is 10.1 Å². The Morgan fingerprint density at radius 3 is 2.61 bits per heavy atom. The van der Waals surface area contributed by atoms with Gasteiger partial charge in [-0.3, -0.25) is 4.79 Å². The molecule has 1 saturated heterocycles. The molecule has 0 unspecified atom stereocenters. The lowest BCUT2D eigenvalue weighted by Gasteiger charge is -2.30. The Kier molecular flexibility index (Phi) is 3.84. The van der Waals surface area contributed by atoms with Gasteiger partial charge in [0.1, 0.15) is 5.82 Å². The fraction of sp³-hybridized carbons (Fsp3) is 0.500. The van der Waals surface area contributed by atoms with Gasteiger partial charge in [0, 0.05) is 25.7 Å². The maximum absolute atomic E-state index is 13.6. The second kappa shape index (κ2) is 5.38. The predicted molar refractivity (Wildman–Crippen MR) is 70.2 cm³/mol. The zero-order chi connectivity index (χ0) is 13.1. The first kappa shape index (κ1) is 12.9. The SMILES string of the molecule is CNc1ccc(C(=O)N2CCC(C)CC2)cc1F. The summed E-state index contributed by atoms with van der Waals surface area (Å²) >= 11 is 0. The first-order chi connectivity index (χ1) is 8.61. The van der Waals surface area contributed by atoms with Crippen LogP contribution < -0.4 is 5.32 Å². The Morgan fingerprint density at radius 2 is 2.06 bits per heavy atom. The number of rotatable bonds is 2. The number of nitrogens with one attached hydrogen (secondary N) is 1. The summed E-state index contributed by atoms with van der Waals surface area (Å²) in [4.78, 5) is 14.0. The standard InChI is InChI=1S/C14H19FN2O/c1-10-5-7-17(8-6-10)14(18)11-3-4-13(16-2)12(15)9-11/h3-4,9-10,16H,5-8H2,1-2H3. The van der Waals surface area contributed by atoms with Gasteiger partial charge < -0.3 is 10.2 Å². The van der Waals surface area contributed by atoms with Crippen LogP contribution in [0.25, 0.3) is 0 Å². The van der Waals surface area contributed by atoms with E-state index in [1.807, 2.05) is 4.90 Å². The average molecular weight is 250 g/mol. The molecule has 3 nitrogen and oxygen atoms in total. The molecule has 1 aromatic carbocycles. The van der Waals surface area contributed by atoms with Crippen LogP contribution in [0, 0.1) is 11.7 Å². The Hall–Kier alpha value is -1.58. The molecule has 1 heterocycles. The van der Waals surface area contributed by atoms with Crippen molar-refractivity contribution in [3.8, 4) is 0 Å². The molecule has 4 heteroatoms. The van der Waals surface area contributed by atoms with E-state index >= 15 is 0 Å². The summed E-state index contributed by atoms with van der Waals surface area (Å²) in [7, 11) is 1.66. The summed E-state index contributed by atoms with van der Waals surface area (Å²) in [5.74, 6) is 0.231. The Morgan fingerprint density at radius 1 is 1.39 bits per heavy atom. The topological polar surface area (TPSA) is 32.3 Å². The van der Waals surface area contributed by atoms with Crippen LogP contribution in [0.5, 0.6) is 0 Å². The van der Waals surface area contributed by atoms with Crippen molar-refractivity contribution in [1.29, 1.82) is 0 Å². The number of likely N-dealkylation sites (tertiary alicyclic amines) is 1. The van der Waals surface area contributed by atoms with Crippen LogP contribution in [0.1, 0.15) is 30.1 Å². The number of nitrogens with zero attached hydrogens (tertiary/aromatic N) is 1. The van der Waals surface area contributed by atoms with Crippen molar-refractivity contribution in [1.82, 2.24) is 4.90 Å². The summed E-state index contributed by atoms with van der Waals surface area (Å²) in [6, 6.07) is 4.59. The number of hydrogen-bond acceptors (Lipinski definition) is 2. The minimum atomic E-state index is -0.381. The lowest BCUT2D eigenvalue weighted by Crippen LogP contribution is -2.37. The first-order valence-electron chi connectivity index (χ1n) is 6.38. The van der Waals surface area contributed by atoms with Gasteiger partial charge in [-0.2, -0.15) is 0 Å². The van der Waals surface area contributed by atoms with Crippen molar-refractivity contribution in [3.05, 3.63) is 29.6 Å². The third-order valence-corrected chi connectivity index (χ3v) is 3.56. The second-order valence-corrected chi connectivity index (χ2v) is 4.92. The molecule has 0 saturated carbocycles. The Balaban J connectivity index is 2.11. The van der Waals surface area contributed by atoms with Crippen LogP contribution in [0.2, 0.25) is 0 Å². The zero-order valence-corrected chi connectivity index (χ0v) is 10.9. The highest BCUT2D eigenvalue weighted by Gasteiger charge is 2.21. The molecule has 1 fully saturated rings. The molecular formula is C14H19FN2O. The molecule has 0 radical (unpaired) electrons. The highest BCUT2D eigenvalue weighted by molar-refractivity contribution is 5.94. The summed E-state index contributed by atoms with van der Waals surface area (Å²) in [5.41, 5.74) is 0.847. The molecule has 0 bridgehead atoms. The minimum Gasteiger partial charge on any atom is -0.386 e. The van der Waals surface area contributed by atoms with E-state index in [4.69, 9.17) is 0 Å². The van der Waals surface area contributed by atoms with Crippen LogP contribution in [-0.4, -0.2) is 30.9 Å². The van der Waals surface area contributed by atoms with Crippen LogP contribution >= 0.6 is 0 Å². The monoisotopic (exact) mass is 250 g/mol. The minimum absolute atomic E-state index is 0.0662. The van der Waals surface area contributed by atoms with E-state index in [1.54, 1.807) is 19.2 Å². The first-order valence-corrected chi connectivity index (χ1v) is 6.38. The highest BCUT2D eigenvalue weighted by atomic mass is 19.1. The van der Waals surface area contributed by atoms with E-state index in [0.717, 1.165) is 25.9 Å². The third-order valence-electron chi connectivity index (χ3n) is 3.56. The molecule has 2 rings (SSSR count). The van der Waals surface area contributed by atoms with Crippen molar-refractivity contribution < 1.29 is 9.18 Å². The summed E-state index contributed by atoms with van der Waals surface area (Å²) in [6.45, 7) is 3.74. The average Bonchev–Trinajstić information content (AvgIpc) is 2.38. The van der Waals surface area contributed by atoms with Crippen molar-refractivity contribution in [2.24, 2.45) is 5.92 Å². The van der Waals surface area contributed by atoms with E-state index in [9.17, 15) is 9.18 Å². The summed E-state index contributed by atoms with van der Waals surface area (Å²) < 4.78 is 13.6. The van der Waals surface area contributed by atoms with Crippen molar-refractivity contribution in [3.63, 3.8) is 0 Å². The largest absolute Gasteiger partial charge is 0.386 e. The number of benzene rings is 1. The van der Waals surface area contributed by atoms with E-state index in [2.05, 4.69) is 12.2 Å². The summed E-state index contributed by atoms with van der Waals surface area (Å²) in [5, 5.41) is 2.75. The fourth-order valence-corrected chi connectivity index (χ4v) is 2.25. The molecule has 0 atom stereocenters. The third kappa shape index (κ3) is 2.63. The van der Waals surface area contributed by atoms with E-state index in [-0.39, 0.29) is 11.7 Å². The van der Waals surface area contributed by atoms with Gasteiger partial charge in [0.15, 0.2) is 0 Å². The van der Waals surface area contributed by atoms with Gasteiger partial charge in [-0.15, -0.1) is 0 Å². The number of anilines is 1. The lowest BCUT2D eigenvalue weighted by molar-refractivity contribution is 0.0697. The molecule has 0 spiro atoms. The number of piperidine rings is 1. The van der Waals surface area contributed by atoms with Crippen LogP contribution in [0.3, 0.4) is 0 Å². The van der Waals surface area contributed by atoms with Gasteiger partial charge in [-0.25, -0.2) is 4.39 Å².